The van der Waals surface area contributed by atoms with Gasteiger partial charge in [0.1, 0.15) is 0 Å². The summed E-state index contributed by atoms with van der Waals surface area (Å²) in [7, 11) is 0. The van der Waals surface area contributed by atoms with Crippen LogP contribution in [0.2, 0.25) is 0 Å². The van der Waals surface area contributed by atoms with Crippen LogP contribution in [0.3, 0.4) is 0 Å². The number of hydrogen-bond acceptors (Lipinski definition) is 3. The van der Waals surface area contributed by atoms with Crippen molar-refractivity contribution in [2.75, 3.05) is 6.61 Å². The van der Waals surface area contributed by atoms with Gasteiger partial charge in [0, 0.05) is 11.4 Å². The molecule has 0 aliphatic carbocycles. The van der Waals surface area contributed by atoms with E-state index in [0.29, 0.717) is 12.2 Å². The van der Waals surface area contributed by atoms with Gasteiger partial charge in [0.15, 0.2) is 5.78 Å². The number of aryl methyl sites for hydroxylation is 2. The van der Waals surface area contributed by atoms with Crippen molar-refractivity contribution in [2.24, 2.45) is 0 Å². The van der Waals surface area contributed by atoms with Gasteiger partial charge in [-0.15, -0.1) is 0 Å². The minimum absolute atomic E-state index is 0.00144. The van der Waals surface area contributed by atoms with E-state index in [1.54, 1.807) is 0 Å². The van der Waals surface area contributed by atoms with Crippen molar-refractivity contribution in [3.05, 3.63) is 35.3 Å². The van der Waals surface area contributed by atoms with Crippen LogP contribution >= 0.6 is 0 Å². The van der Waals surface area contributed by atoms with Gasteiger partial charge in [0.25, 0.3) is 0 Å². The highest BCUT2D eigenvalue weighted by Gasteiger charge is 2.09. The Labute approximate surface area is 96.2 Å². The summed E-state index contributed by atoms with van der Waals surface area (Å²) < 4.78 is 5.19. The van der Waals surface area contributed by atoms with Crippen molar-refractivity contribution in [1.82, 2.24) is 4.98 Å². The molecule has 1 heterocycles. The molecule has 1 aromatic rings. The molecular formula is C13H17NO2. The summed E-state index contributed by atoms with van der Waals surface area (Å²) in [6, 6.07) is 3.78. The average molecular weight is 219 g/mol. The Morgan fingerprint density at radius 1 is 1.38 bits per heavy atom. The molecular weight excluding hydrogens is 202 g/mol. The number of allylic oxidation sites excluding steroid dienone is 1. The standard InChI is InChI=1S/C13H17NO2/c1-5-16-8-13(11(4)15)12-6-9(2)14-10(3)7-12/h6-8H,5H2,1-4H3. The van der Waals surface area contributed by atoms with E-state index in [2.05, 4.69) is 4.98 Å². The second-order valence-electron chi connectivity index (χ2n) is 3.68. The molecule has 0 aliphatic heterocycles. The molecule has 0 radical (unpaired) electrons. The van der Waals surface area contributed by atoms with Crippen molar-refractivity contribution in [2.45, 2.75) is 27.7 Å². The van der Waals surface area contributed by atoms with Crippen molar-refractivity contribution >= 4 is 11.4 Å². The predicted octanol–water partition coefficient (Wildman–Crippen LogP) is 2.66. The Morgan fingerprint density at radius 3 is 2.38 bits per heavy atom. The van der Waals surface area contributed by atoms with Gasteiger partial charge in [-0.3, -0.25) is 9.78 Å². The highest BCUT2D eigenvalue weighted by Crippen LogP contribution is 2.17. The third kappa shape index (κ3) is 3.19. The summed E-state index contributed by atoms with van der Waals surface area (Å²) in [6.07, 6.45) is 1.52. The first-order valence-electron chi connectivity index (χ1n) is 5.33. The van der Waals surface area contributed by atoms with Gasteiger partial charge in [-0.2, -0.15) is 0 Å². The first-order valence-corrected chi connectivity index (χ1v) is 5.33. The van der Waals surface area contributed by atoms with Crippen LogP contribution in [0.5, 0.6) is 0 Å². The highest BCUT2D eigenvalue weighted by molar-refractivity contribution is 6.19. The minimum atomic E-state index is -0.00144. The molecule has 16 heavy (non-hydrogen) atoms. The van der Waals surface area contributed by atoms with Crippen LogP contribution in [-0.2, 0) is 9.53 Å². The fourth-order valence-electron chi connectivity index (χ4n) is 1.51. The summed E-state index contributed by atoms with van der Waals surface area (Å²) in [5.74, 6) is -0.00144. The number of rotatable bonds is 4. The summed E-state index contributed by atoms with van der Waals surface area (Å²) in [5.41, 5.74) is 3.26. The molecule has 3 heteroatoms. The van der Waals surface area contributed by atoms with Crippen molar-refractivity contribution in [1.29, 1.82) is 0 Å². The van der Waals surface area contributed by atoms with Crippen molar-refractivity contribution in [3.63, 3.8) is 0 Å². The molecule has 1 rings (SSSR count). The lowest BCUT2D eigenvalue weighted by molar-refractivity contribution is -0.111. The van der Waals surface area contributed by atoms with Crippen LogP contribution in [0.25, 0.3) is 5.57 Å². The van der Waals surface area contributed by atoms with E-state index in [9.17, 15) is 4.79 Å². The van der Waals surface area contributed by atoms with Gasteiger partial charge in [0.2, 0.25) is 0 Å². The van der Waals surface area contributed by atoms with Gasteiger partial charge in [0.05, 0.1) is 18.4 Å². The van der Waals surface area contributed by atoms with Gasteiger partial charge in [-0.1, -0.05) is 0 Å². The zero-order valence-electron chi connectivity index (χ0n) is 10.2. The number of nitrogens with zero attached hydrogens (tertiary/aromatic N) is 1. The largest absolute Gasteiger partial charge is 0.501 e. The average Bonchev–Trinajstić information content (AvgIpc) is 2.16. The van der Waals surface area contributed by atoms with Crippen LogP contribution < -0.4 is 0 Å². The van der Waals surface area contributed by atoms with E-state index in [0.717, 1.165) is 17.0 Å². The normalized spacial score (nSPS) is 11.4. The lowest BCUT2D eigenvalue weighted by Gasteiger charge is -2.06. The molecule has 0 spiro atoms. The molecule has 0 aromatic carbocycles. The number of carbonyl (C=O) groups is 1. The summed E-state index contributed by atoms with van der Waals surface area (Å²) >= 11 is 0. The molecule has 86 valence electrons. The lowest BCUT2D eigenvalue weighted by atomic mass is 10.0. The monoisotopic (exact) mass is 219 g/mol. The fourth-order valence-corrected chi connectivity index (χ4v) is 1.51. The van der Waals surface area contributed by atoms with E-state index in [4.69, 9.17) is 4.74 Å². The van der Waals surface area contributed by atoms with Crippen LogP contribution in [0, 0.1) is 13.8 Å². The van der Waals surface area contributed by atoms with Gasteiger partial charge >= 0.3 is 0 Å². The van der Waals surface area contributed by atoms with Gasteiger partial charge < -0.3 is 4.74 Å². The SMILES string of the molecule is CCOC=C(C(C)=O)c1cc(C)nc(C)c1. The topological polar surface area (TPSA) is 39.2 Å². The lowest BCUT2D eigenvalue weighted by Crippen LogP contribution is -2.00. The molecule has 0 atom stereocenters. The van der Waals surface area contributed by atoms with E-state index >= 15 is 0 Å². The molecule has 0 unspecified atom stereocenters. The Hall–Kier alpha value is -1.64. The number of Topliss-reactive ketones (excluding diaryl/α,β-unsaturated/α-hetero) is 1. The smallest absolute Gasteiger partial charge is 0.163 e. The van der Waals surface area contributed by atoms with Crippen molar-refractivity contribution in [3.8, 4) is 0 Å². The Morgan fingerprint density at radius 2 is 1.94 bits per heavy atom. The zero-order valence-corrected chi connectivity index (χ0v) is 10.2. The number of ketones is 1. The minimum Gasteiger partial charge on any atom is -0.501 e. The first kappa shape index (κ1) is 12.4. The molecule has 1 aromatic heterocycles. The van der Waals surface area contributed by atoms with Crippen molar-refractivity contribution < 1.29 is 9.53 Å². The summed E-state index contributed by atoms with van der Waals surface area (Å²) in [6.45, 7) is 7.80. The number of aromatic nitrogens is 1. The fraction of sp³-hybridized carbons (Fsp3) is 0.385. The number of hydrogen-bond donors (Lipinski definition) is 0. The number of pyridine rings is 1. The maximum Gasteiger partial charge on any atom is 0.163 e. The third-order valence-electron chi connectivity index (χ3n) is 2.14. The molecule has 0 amide bonds. The van der Waals surface area contributed by atoms with E-state index in [1.165, 1.54) is 13.2 Å². The van der Waals surface area contributed by atoms with Gasteiger partial charge in [-0.05, 0) is 45.4 Å². The molecule has 0 N–H and O–H groups in total. The number of ether oxygens (including phenoxy) is 1. The van der Waals surface area contributed by atoms with E-state index in [-0.39, 0.29) is 5.78 Å². The molecule has 0 bridgehead atoms. The zero-order chi connectivity index (χ0) is 12.1. The second-order valence-corrected chi connectivity index (χ2v) is 3.68. The molecule has 0 fully saturated rings. The van der Waals surface area contributed by atoms with Crippen LogP contribution in [0.15, 0.2) is 18.4 Å². The van der Waals surface area contributed by atoms with Crippen LogP contribution in [0.1, 0.15) is 30.8 Å². The molecule has 0 aliphatic rings. The quantitative estimate of drug-likeness (QED) is 0.577. The first-order chi connectivity index (χ1) is 7.54. The van der Waals surface area contributed by atoms with E-state index < -0.39 is 0 Å². The number of carbonyl (C=O) groups excluding carboxylic acids is 1. The third-order valence-corrected chi connectivity index (χ3v) is 2.14. The maximum atomic E-state index is 11.5. The Bertz CT molecular complexity index is 402. The molecule has 0 saturated heterocycles. The highest BCUT2D eigenvalue weighted by atomic mass is 16.5. The Kier molecular flexibility index (Phi) is 4.23. The van der Waals surface area contributed by atoms with Crippen LogP contribution in [0.4, 0.5) is 0 Å². The predicted molar refractivity (Wildman–Crippen MR) is 64.0 cm³/mol. The summed E-state index contributed by atoms with van der Waals surface area (Å²) in [4.78, 5) is 15.8. The maximum absolute atomic E-state index is 11.5. The van der Waals surface area contributed by atoms with Gasteiger partial charge in [-0.25, -0.2) is 0 Å². The second kappa shape index (κ2) is 5.45. The Balaban J connectivity index is 3.16. The molecule has 0 saturated carbocycles. The summed E-state index contributed by atoms with van der Waals surface area (Å²) in [5, 5.41) is 0. The van der Waals surface area contributed by atoms with E-state index in [1.807, 2.05) is 32.9 Å². The van der Waals surface area contributed by atoms with Crippen LogP contribution in [-0.4, -0.2) is 17.4 Å². The molecule has 3 nitrogen and oxygen atoms in total.